The van der Waals surface area contributed by atoms with E-state index in [2.05, 4.69) is 4.90 Å². The maximum absolute atomic E-state index is 5.72. The first kappa shape index (κ1) is 12.2. The quantitative estimate of drug-likeness (QED) is 0.774. The molecule has 4 nitrogen and oxygen atoms in total. The summed E-state index contributed by atoms with van der Waals surface area (Å²) in [6.45, 7) is 5.26. The van der Waals surface area contributed by atoms with Crippen molar-refractivity contribution in [2.45, 2.75) is 0 Å². The lowest BCUT2D eigenvalue weighted by Crippen LogP contribution is -2.38. The Labute approximate surface area is 102 Å². The largest absolute Gasteiger partial charge is 0.493 e. The van der Waals surface area contributed by atoms with Crippen molar-refractivity contribution in [3.63, 3.8) is 0 Å². The molecule has 1 heterocycles. The van der Waals surface area contributed by atoms with Crippen LogP contribution in [0, 0.1) is 0 Å². The van der Waals surface area contributed by atoms with Gasteiger partial charge >= 0.3 is 0 Å². The summed E-state index contributed by atoms with van der Waals surface area (Å²) in [7, 11) is 1.66. The summed E-state index contributed by atoms with van der Waals surface area (Å²) in [5.41, 5.74) is 0. The molecule has 0 unspecified atom stereocenters. The molecule has 4 heteroatoms. The van der Waals surface area contributed by atoms with Gasteiger partial charge in [-0.2, -0.15) is 0 Å². The highest BCUT2D eigenvalue weighted by Crippen LogP contribution is 2.25. The fourth-order valence-corrected chi connectivity index (χ4v) is 1.85. The predicted molar refractivity (Wildman–Crippen MR) is 65.7 cm³/mol. The summed E-state index contributed by atoms with van der Waals surface area (Å²) < 4.78 is 16.3. The molecule has 94 valence electrons. The maximum atomic E-state index is 5.72. The number of rotatable bonds is 5. The molecule has 1 fully saturated rings. The summed E-state index contributed by atoms with van der Waals surface area (Å²) in [5, 5.41) is 0. The fourth-order valence-electron chi connectivity index (χ4n) is 1.85. The van der Waals surface area contributed by atoms with Crippen molar-refractivity contribution in [1.29, 1.82) is 0 Å². The number of para-hydroxylation sites is 2. The van der Waals surface area contributed by atoms with Gasteiger partial charge in [0.15, 0.2) is 11.5 Å². The van der Waals surface area contributed by atoms with Crippen molar-refractivity contribution < 1.29 is 14.2 Å². The second-order valence-corrected chi connectivity index (χ2v) is 3.95. The lowest BCUT2D eigenvalue weighted by molar-refractivity contribution is 0.0321. The van der Waals surface area contributed by atoms with Gasteiger partial charge in [0.25, 0.3) is 0 Å². The van der Waals surface area contributed by atoms with Crippen molar-refractivity contribution in [2.24, 2.45) is 0 Å². The molecule has 1 aliphatic rings. The number of ether oxygens (including phenoxy) is 3. The Morgan fingerprint density at radius 3 is 2.59 bits per heavy atom. The molecule has 1 aliphatic heterocycles. The minimum absolute atomic E-state index is 0.681. The molecule has 0 spiro atoms. The van der Waals surface area contributed by atoms with E-state index >= 15 is 0 Å². The zero-order chi connectivity index (χ0) is 11.9. The van der Waals surface area contributed by atoms with Gasteiger partial charge in [-0.15, -0.1) is 0 Å². The summed E-state index contributed by atoms with van der Waals surface area (Å²) >= 11 is 0. The van der Waals surface area contributed by atoms with Crippen LogP contribution in [0.1, 0.15) is 0 Å². The van der Waals surface area contributed by atoms with Crippen molar-refractivity contribution in [1.82, 2.24) is 4.90 Å². The molecule has 17 heavy (non-hydrogen) atoms. The molecule has 1 aromatic carbocycles. The minimum Gasteiger partial charge on any atom is -0.493 e. The van der Waals surface area contributed by atoms with E-state index in [9.17, 15) is 0 Å². The highest BCUT2D eigenvalue weighted by molar-refractivity contribution is 5.39. The topological polar surface area (TPSA) is 30.9 Å². The fraction of sp³-hybridized carbons (Fsp3) is 0.538. The molecule has 2 rings (SSSR count). The van der Waals surface area contributed by atoms with E-state index in [1.807, 2.05) is 24.3 Å². The molecular weight excluding hydrogens is 218 g/mol. The lowest BCUT2D eigenvalue weighted by Gasteiger charge is -2.26. The SMILES string of the molecule is COc1ccccc1OCCN1CCOCC1. The van der Waals surface area contributed by atoms with Gasteiger partial charge in [-0.1, -0.05) is 12.1 Å². The van der Waals surface area contributed by atoms with Crippen LogP contribution in [0.4, 0.5) is 0 Å². The zero-order valence-electron chi connectivity index (χ0n) is 10.2. The number of nitrogens with zero attached hydrogens (tertiary/aromatic N) is 1. The van der Waals surface area contributed by atoms with Crippen molar-refractivity contribution in [3.8, 4) is 11.5 Å². The van der Waals surface area contributed by atoms with E-state index in [0.717, 1.165) is 44.3 Å². The Hall–Kier alpha value is -1.26. The molecule has 1 saturated heterocycles. The Morgan fingerprint density at radius 1 is 1.18 bits per heavy atom. The van der Waals surface area contributed by atoms with E-state index < -0.39 is 0 Å². The van der Waals surface area contributed by atoms with Gasteiger partial charge in [-0.05, 0) is 12.1 Å². The summed E-state index contributed by atoms with van der Waals surface area (Å²) in [5.74, 6) is 1.60. The highest BCUT2D eigenvalue weighted by Gasteiger charge is 2.10. The summed E-state index contributed by atoms with van der Waals surface area (Å²) in [4.78, 5) is 2.35. The van der Waals surface area contributed by atoms with E-state index in [4.69, 9.17) is 14.2 Å². The van der Waals surface area contributed by atoms with Gasteiger partial charge in [0.1, 0.15) is 6.61 Å². The molecule has 0 amide bonds. The third-order valence-corrected chi connectivity index (χ3v) is 2.84. The number of morpholine rings is 1. The molecule has 0 N–H and O–H groups in total. The Bertz CT molecular complexity index is 337. The van der Waals surface area contributed by atoms with Crippen LogP contribution in [0.2, 0.25) is 0 Å². The zero-order valence-corrected chi connectivity index (χ0v) is 10.2. The van der Waals surface area contributed by atoms with Gasteiger partial charge in [-0.25, -0.2) is 0 Å². The second kappa shape index (κ2) is 6.47. The average molecular weight is 237 g/mol. The van der Waals surface area contributed by atoms with E-state index in [-0.39, 0.29) is 0 Å². The monoisotopic (exact) mass is 237 g/mol. The predicted octanol–water partition coefficient (Wildman–Crippen LogP) is 1.41. The molecule has 0 aliphatic carbocycles. The molecule has 0 saturated carbocycles. The standard InChI is InChI=1S/C13H19NO3/c1-15-12-4-2-3-5-13(12)17-11-8-14-6-9-16-10-7-14/h2-5H,6-11H2,1H3. The van der Waals surface area contributed by atoms with Crippen molar-refractivity contribution in [2.75, 3.05) is 46.6 Å². The molecule has 0 radical (unpaired) electrons. The van der Waals surface area contributed by atoms with E-state index in [1.54, 1.807) is 7.11 Å². The first-order valence-electron chi connectivity index (χ1n) is 5.96. The van der Waals surface area contributed by atoms with Gasteiger partial charge < -0.3 is 14.2 Å². The third-order valence-electron chi connectivity index (χ3n) is 2.84. The van der Waals surface area contributed by atoms with Crippen molar-refractivity contribution >= 4 is 0 Å². The normalized spacial score (nSPS) is 16.8. The third kappa shape index (κ3) is 3.61. The summed E-state index contributed by atoms with van der Waals surface area (Å²) in [6, 6.07) is 7.72. The molecule has 0 atom stereocenters. The Balaban J connectivity index is 1.77. The molecular formula is C13H19NO3. The van der Waals surface area contributed by atoms with Crippen molar-refractivity contribution in [3.05, 3.63) is 24.3 Å². The second-order valence-electron chi connectivity index (χ2n) is 3.95. The number of methoxy groups -OCH3 is 1. The minimum atomic E-state index is 0.681. The number of hydrogen-bond acceptors (Lipinski definition) is 4. The van der Waals surface area contributed by atoms with E-state index in [1.165, 1.54) is 0 Å². The maximum Gasteiger partial charge on any atom is 0.161 e. The Kier molecular flexibility index (Phi) is 4.64. The van der Waals surface area contributed by atoms with Gasteiger partial charge in [0, 0.05) is 19.6 Å². The van der Waals surface area contributed by atoms with Crippen LogP contribution in [0.3, 0.4) is 0 Å². The van der Waals surface area contributed by atoms with E-state index in [0.29, 0.717) is 6.61 Å². The Morgan fingerprint density at radius 2 is 1.88 bits per heavy atom. The van der Waals surface area contributed by atoms with Crippen LogP contribution in [-0.2, 0) is 4.74 Å². The van der Waals surface area contributed by atoms with Crippen LogP contribution in [0.25, 0.3) is 0 Å². The lowest BCUT2D eigenvalue weighted by atomic mass is 10.3. The van der Waals surface area contributed by atoms with Gasteiger partial charge in [0.2, 0.25) is 0 Å². The first-order chi connectivity index (χ1) is 8.40. The van der Waals surface area contributed by atoms with Gasteiger partial charge in [0.05, 0.1) is 20.3 Å². The van der Waals surface area contributed by atoms with Crippen LogP contribution in [-0.4, -0.2) is 51.5 Å². The summed E-state index contributed by atoms with van der Waals surface area (Å²) in [6.07, 6.45) is 0. The average Bonchev–Trinajstić information content (AvgIpc) is 2.40. The molecule has 0 aromatic heterocycles. The number of benzene rings is 1. The molecule has 1 aromatic rings. The van der Waals surface area contributed by atoms with Crippen LogP contribution >= 0.6 is 0 Å². The van der Waals surface area contributed by atoms with Crippen LogP contribution in [0.15, 0.2) is 24.3 Å². The number of hydrogen-bond donors (Lipinski definition) is 0. The van der Waals surface area contributed by atoms with Gasteiger partial charge in [-0.3, -0.25) is 4.90 Å². The van der Waals surface area contributed by atoms with Crippen LogP contribution < -0.4 is 9.47 Å². The first-order valence-corrected chi connectivity index (χ1v) is 5.96. The highest BCUT2D eigenvalue weighted by atomic mass is 16.5. The van der Waals surface area contributed by atoms with Crippen LogP contribution in [0.5, 0.6) is 11.5 Å². The molecule has 0 bridgehead atoms. The smallest absolute Gasteiger partial charge is 0.161 e.